The average molecular weight is 257 g/mol. The molecule has 19 heavy (non-hydrogen) atoms. The van der Waals surface area contributed by atoms with Gasteiger partial charge in [-0.15, -0.1) is 0 Å². The van der Waals surface area contributed by atoms with Crippen LogP contribution in [-0.2, 0) is 12.8 Å². The van der Waals surface area contributed by atoms with Crippen molar-refractivity contribution in [2.45, 2.75) is 38.1 Å². The molecule has 0 amide bonds. The van der Waals surface area contributed by atoms with Crippen LogP contribution in [0.25, 0.3) is 0 Å². The molecule has 1 unspecified atom stereocenters. The summed E-state index contributed by atoms with van der Waals surface area (Å²) in [6.45, 7) is 1.91. The van der Waals surface area contributed by atoms with Gasteiger partial charge >= 0.3 is 0 Å². The van der Waals surface area contributed by atoms with E-state index >= 15 is 0 Å². The Morgan fingerprint density at radius 2 is 2.26 bits per heavy atom. The van der Waals surface area contributed by atoms with Crippen LogP contribution in [0.5, 0.6) is 0 Å². The summed E-state index contributed by atoms with van der Waals surface area (Å²) in [6.07, 6.45) is 6.45. The lowest BCUT2D eigenvalue weighted by Gasteiger charge is -2.34. The SMILES string of the molecule is N#CC1CCc2c(ncnc2N2CCC[C@@H](N)C2)C1. The van der Waals surface area contributed by atoms with Gasteiger partial charge < -0.3 is 10.6 Å². The number of nitriles is 1. The smallest absolute Gasteiger partial charge is 0.135 e. The predicted molar refractivity (Wildman–Crippen MR) is 72.6 cm³/mol. The quantitative estimate of drug-likeness (QED) is 0.813. The summed E-state index contributed by atoms with van der Waals surface area (Å²) in [4.78, 5) is 11.1. The molecule has 0 saturated carbocycles. The number of hydrogen-bond donors (Lipinski definition) is 1. The molecule has 3 rings (SSSR count). The number of rotatable bonds is 1. The van der Waals surface area contributed by atoms with E-state index in [2.05, 4.69) is 20.9 Å². The third kappa shape index (κ3) is 2.41. The first kappa shape index (κ1) is 12.4. The molecule has 1 saturated heterocycles. The summed E-state index contributed by atoms with van der Waals surface area (Å²) < 4.78 is 0. The van der Waals surface area contributed by atoms with Crippen LogP contribution in [0.15, 0.2) is 6.33 Å². The maximum Gasteiger partial charge on any atom is 0.135 e. The van der Waals surface area contributed by atoms with Crippen molar-refractivity contribution in [3.05, 3.63) is 17.6 Å². The molecule has 2 N–H and O–H groups in total. The molecule has 0 aromatic carbocycles. The Morgan fingerprint density at radius 3 is 3.05 bits per heavy atom. The molecular weight excluding hydrogens is 238 g/mol. The molecule has 1 aromatic rings. The second kappa shape index (κ2) is 5.14. The molecular formula is C14H19N5. The fraction of sp³-hybridized carbons (Fsp3) is 0.643. The summed E-state index contributed by atoms with van der Waals surface area (Å²) in [6, 6.07) is 2.60. The van der Waals surface area contributed by atoms with E-state index < -0.39 is 0 Å². The maximum atomic E-state index is 9.05. The molecule has 2 aliphatic rings. The fourth-order valence-corrected chi connectivity index (χ4v) is 3.11. The minimum Gasteiger partial charge on any atom is -0.355 e. The third-order valence-corrected chi connectivity index (χ3v) is 4.13. The lowest BCUT2D eigenvalue weighted by Crippen LogP contribution is -2.43. The van der Waals surface area contributed by atoms with Crippen LogP contribution >= 0.6 is 0 Å². The van der Waals surface area contributed by atoms with Crippen LogP contribution in [0.4, 0.5) is 5.82 Å². The van der Waals surface area contributed by atoms with Crippen LogP contribution in [0.2, 0.25) is 0 Å². The zero-order valence-electron chi connectivity index (χ0n) is 11.0. The Bertz CT molecular complexity index is 507. The zero-order valence-corrected chi connectivity index (χ0v) is 11.0. The van der Waals surface area contributed by atoms with E-state index in [4.69, 9.17) is 11.0 Å². The van der Waals surface area contributed by atoms with Crippen LogP contribution in [-0.4, -0.2) is 29.1 Å². The van der Waals surface area contributed by atoms with Crippen molar-refractivity contribution in [1.29, 1.82) is 5.26 Å². The second-order valence-corrected chi connectivity index (χ2v) is 5.54. The van der Waals surface area contributed by atoms with Gasteiger partial charge in [0, 0.05) is 31.1 Å². The van der Waals surface area contributed by atoms with Crippen molar-refractivity contribution in [3.8, 4) is 6.07 Å². The minimum absolute atomic E-state index is 0.110. The number of anilines is 1. The van der Waals surface area contributed by atoms with Crippen molar-refractivity contribution in [2.24, 2.45) is 11.7 Å². The molecule has 0 radical (unpaired) electrons. The number of nitrogens with two attached hydrogens (primary N) is 1. The van der Waals surface area contributed by atoms with Gasteiger partial charge in [-0.05, 0) is 25.7 Å². The Kier molecular flexibility index (Phi) is 3.34. The first-order valence-corrected chi connectivity index (χ1v) is 7.01. The molecule has 1 aliphatic heterocycles. The van der Waals surface area contributed by atoms with Crippen LogP contribution in [0, 0.1) is 17.2 Å². The molecule has 5 heteroatoms. The molecule has 1 aromatic heterocycles. The first-order chi connectivity index (χ1) is 9.28. The lowest BCUT2D eigenvalue weighted by atomic mass is 9.87. The minimum atomic E-state index is 0.110. The molecule has 2 atom stereocenters. The molecule has 2 heterocycles. The van der Waals surface area contributed by atoms with Gasteiger partial charge in [-0.3, -0.25) is 0 Å². The number of nitrogens with zero attached hydrogens (tertiary/aromatic N) is 4. The van der Waals surface area contributed by atoms with Gasteiger partial charge in [0.2, 0.25) is 0 Å². The monoisotopic (exact) mass is 257 g/mol. The van der Waals surface area contributed by atoms with Crippen molar-refractivity contribution in [1.82, 2.24) is 9.97 Å². The van der Waals surface area contributed by atoms with Crippen molar-refractivity contribution >= 4 is 5.82 Å². The Morgan fingerprint density at radius 1 is 1.37 bits per heavy atom. The standard InChI is InChI=1S/C14H19N5/c15-7-10-3-4-12-13(6-10)17-9-18-14(12)19-5-1-2-11(16)8-19/h9-11H,1-6,8,16H2/t10?,11-/m1/s1. The molecule has 1 fully saturated rings. The highest BCUT2D eigenvalue weighted by Crippen LogP contribution is 2.30. The van der Waals surface area contributed by atoms with E-state index in [1.54, 1.807) is 6.33 Å². The zero-order chi connectivity index (χ0) is 13.2. The molecule has 1 aliphatic carbocycles. The van der Waals surface area contributed by atoms with Gasteiger partial charge in [0.15, 0.2) is 0 Å². The summed E-state index contributed by atoms with van der Waals surface area (Å²) in [5.41, 5.74) is 8.35. The largest absolute Gasteiger partial charge is 0.355 e. The van der Waals surface area contributed by atoms with Gasteiger partial charge in [-0.2, -0.15) is 5.26 Å². The molecule has 100 valence electrons. The van der Waals surface area contributed by atoms with Crippen molar-refractivity contribution in [2.75, 3.05) is 18.0 Å². The Balaban J connectivity index is 1.89. The second-order valence-electron chi connectivity index (χ2n) is 5.54. The van der Waals surface area contributed by atoms with E-state index in [1.807, 2.05) is 0 Å². The summed E-state index contributed by atoms with van der Waals surface area (Å²) >= 11 is 0. The van der Waals surface area contributed by atoms with Gasteiger partial charge in [-0.25, -0.2) is 9.97 Å². The predicted octanol–water partition coefficient (Wildman–Crippen LogP) is 1.03. The van der Waals surface area contributed by atoms with E-state index in [-0.39, 0.29) is 12.0 Å². The molecule has 0 spiro atoms. The van der Waals surface area contributed by atoms with E-state index in [0.717, 1.165) is 56.7 Å². The van der Waals surface area contributed by atoms with Crippen molar-refractivity contribution < 1.29 is 0 Å². The fourth-order valence-electron chi connectivity index (χ4n) is 3.11. The van der Waals surface area contributed by atoms with Crippen molar-refractivity contribution in [3.63, 3.8) is 0 Å². The number of piperidine rings is 1. The maximum absolute atomic E-state index is 9.05. The van der Waals surface area contributed by atoms with E-state index in [1.165, 1.54) is 5.56 Å². The summed E-state index contributed by atoms with van der Waals surface area (Å²) in [5.74, 6) is 1.16. The Labute approximate surface area is 113 Å². The molecule has 5 nitrogen and oxygen atoms in total. The van der Waals surface area contributed by atoms with Gasteiger partial charge in [0.25, 0.3) is 0 Å². The average Bonchev–Trinajstić information content (AvgIpc) is 2.46. The number of fused-ring (bicyclic) bond motifs is 1. The number of aromatic nitrogens is 2. The van der Waals surface area contributed by atoms with Crippen LogP contribution in [0.3, 0.4) is 0 Å². The van der Waals surface area contributed by atoms with Gasteiger partial charge in [0.05, 0.1) is 17.7 Å². The van der Waals surface area contributed by atoms with E-state index in [9.17, 15) is 0 Å². The summed E-state index contributed by atoms with van der Waals surface area (Å²) in [7, 11) is 0. The summed E-state index contributed by atoms with van der Waals surface area (Å²) in [5, 5.41) is 9.05. The lowest BCUT2D eigenvalue weighted by molar-refractivity contribution is 0.496. The topological polar surface area (TPSA) is 78.8 Å². The molecule has 0 bridgehead atoms. The normalized spacial score (nSPS) is 26.6. The number of hydrogen-bond acceptors (Lipinski definition) is 5. The Hall–Kier alpha value is -1.67. The first-order valence-electron chi connectivity index (χ1n) is 7.01. The highest BCUT2D eigenvalue weighted by atomic mass is 15.2. The van der Waals surface area contributed by atoms with Crippen LogP contribution in [0.1, 0.15) is 30.5 Å². The van der Waals surface area contributed by atoms with Crippen LogP contribution < -0.4 is 10.6 Å². The highest BCUT2D eigenvalue weighted by molar-refractivity contribution is 5.50. The van der Waals surface area contributed by atoms with E-state index in [0.29, 0.717) is 0 Å². The highest BCUT2D eigenvalue weighted by Gasteiger charge is 2.26. The van der Waals surface area contributed by atoms with Gasteiger partial charge in [0.1, 0.15) is 12.1 Å². The van der Waals surface area contributed by atoms with Gasteiger partial charge in [-0.1, -0.05) is 0 Å². The third-order valence-electron chi connectivity index (χ3n) is 4.13.